The second-order valence-corrected chi connectivity index (χ2v) is 4.32. The minimum absolute atomic E-state index is 0.226. The molecular formula is C15H15NO3. The fourth-order valence-corrected chi connectivity index (χ4v) is 1.90. The van der Waals surface area contributed by atoms with Gasteiger partial charge in [-0.05, 0) is 49.1 Å². The molecule has 0 spiro atoms. The zero-order valence-electron chi connectivity index (χ0n) is 10.4. The monoisotopic (exact) mass is 257 g/mol. The maximum atomic E-state index is 10.7. The number of aryl methyl sites for hydroxylation is 2. The van der Waals surface area contributed by atoms with Gasteiger partial charge in [-0.1, -0.05) is 12.1 Å². The van der Waals surface area contributed by atoms with Crippen molar-refractivity contribution >= 4 is 5.97 Å². The Kier molecular flexibility index (Phi) is 4.13. The van der Waals surface area contributed by atoms with Crippen molar-refractivity contribution in [2.75, 3.05) is 0 Å². The number of nitrogens with zero attached hydrogens (tertiary/aromatic N) is 1. The molecule has 19 heavy (non-hydrogen) atoms. The van der Waals surface area contributed by atoms with Crippen LogP contribution in [-0.2, 0) is 12.8 Å². The Morgan fingerprint density at radius 2 is 1.84 bits per heavy atom. The lowest BCUT2D eigenvalue weighted by Crippen LogP contribution is -1.97. The van der Waals surface area contributed by atoms with Crippen LogP contribution in [0.5, 0.6) is 5.75 Å². The Hall–Kier alpha value is -2.36. The lowest BCUT2D eigenvalue weighted by Gasteiger charge is -2.04. The Labute approximate surface area is 111 Å². The highest BCUT2D eigenvalue weighted by Gasteiger charge is 2.03. The van der Waals surface area contributed by atoms with Crippen molar-refractivity contribution in [3.63, 3.8) is 0 Å². The third kappa shape index (κ3) is 3.55. The summed E-state index contributed by atoms with van der Waals surface area (Å²) in [5.74, 6) is -0.686. The van der Waals surface area contributed by atoms with Crippen molar-refractivity contribution in [3.05, 3.63) is 59.4 Å². The van der Waals surface area contributed by atoms with E-state index in [4.69, 9.17) is 5.11 Å². The van der Waals surface area contributed by atoms with Crippen molar-refractivity contribution in [2.45, 2.75) is 19.3 Å². The molecule has 0 amide bonds. The van der Waals surface area contributed by atoms with Gasteiger partial charge in [-0.3, -0.25) is 4.98 Å². The average molecular weight is 257 g/mol. The van der Waals surface area contributed by atoms with Crippen LogP contribution in [-0.4, -0.2) is 21.2 Å². The van der Waals surface area contributed by atoms with E-state index in [2.05, 4.69) is 4.98 Å². The lowest BCUT2D eigenvalue weighted by molar-refractivity contribution is 0.0697. The number of hydrogen-bond acceptors (Lipinski definition) is 3. The smallest absolute Gasteiger partial charge is 0.335 e. The van der Waals surface area contributed by atoms with Crippen LogP contribution >= 0.6 is 0 Å². The first kappa shape index (κ1) is 13.1. The molecule has 2 rings (SSSR count). The minimum Gasteiger partial charge on any atom is -0.506 e. The van der Waals surface area contributed by atoms with Gasteiger partial charge < -0.3 is 10.2 Å². The molecule has 1 heterocycles. The van der Waals surface area contributed by atoms with Crippen molar-refractivity contribution in [3.8, 4) is 5.75 Å². The van der Waals surface area contributed by atoms with Gasteiger partial charge in [0.15, 0.2) is 0 Å². The van der Waals surface area contributed by atoms with Gasteiger partial charge in [0.25, 0.3) is 0 Å². The SMILES string of the molecule is O=C(O)c1ccc(CCCc2ncccc2O)cc1. The molecule has 98 valence electrons. The molecule has 0 bridgehead atoms. The number of aromatic nitrogens is 1. The van der Waals surface area contributed by atoms with Crippen LogP contribution in [0.25, 0.3) is 0 Å². The molecule has 4 heteroatoms. The van der Waals surface area contributed by atoms with E-state index in [1.54, 1.807) is 30.5 Å². The normalized spacial score (nSPS) is 10.3. The summed E-state index contributed by atoms with van der Waals surface area (Å²) in [6.45, 7) is 0. The van der Waals surface area contributed by atoms with Gasteiger partial charge in [-0.25, -0.2) is 4.79 Å². The van der Waals surface area contributed by atoms with E-state index in [9.17, 15) is 9.90 Å². The van der Waals surface area contributed by atoms with Crippen LogP contribution in [0.3, 0.4) is 0 Å². The summed E-state index contributed by atoms with van der Waals surface area (Å²) in [4.78, 5) is 14.8. The highest BCUT2D eigenvalue weighted by molar-refractivity contribution is 5.87. The fraction of sp³-hybridized carbons (Fsp3) is 0.200. The quantitative estimate of drug-likeness (QED) is 0.863. The molecule has 0 aliphatic heterocycles. The Bertz CT molecular complexity index is 564. The van der Waals surface area contributed by atoms with Gasteiger partial charge in [0.1, 0.15) is 5.75 Å². The van der Waals surface area contributed by atoms with E-state index in [1.165, 1.54) is 0 Å². The summed E-state index contributed by atoms with van der Waals surface area (Å²) in [6.07, 6.45) is 4.05. The van der Waals surface area contributed by atoms with Crippen LogP contribution in [0.15, 0.2) is 42.6 Å². The first-order chi connectivity index (χ1) is 9.16. The van der Waals surface area contributed by atoms with E-state index < -0.39 is 5.97 Å². The fourth-order valence-electron chi connectivity index (χ4n) is 1.90. The molecular weight excluding hydrogens is 242 g/mol. The van der Waals surface area contributed by atoms with Gasteiger partial charge in [-0.15, -0.1) is 0 Å². The van der Waals surface area contributed by atoms with Crippen LogP contribution < -0.4 is 0 Å². The number of rotatable bonds is 5. The van der Waals surface area contributed by atoms with Crippen LogP contribution in [0.4, 0.5) is 0 Å². The number of carbonyl (C=O) groups is 1. The predicted octanol–water partition coefficient (Wildman–Crippen LogP) is 2.66. The molecule has 1 aromatic heterocycles. The molecule has 0 fully saturated rings. The number of hydrogen-bond donors (Lipinski definition) is 2. The molecule has 0 radical (unpaired) electrons. The largest absolute Gasteiger partial charge is 0.506 e. The average Bonchev–Trinajstić information content (AvgIpc) is 2.41. The van der Waals surface area contributed by atoms with Crippen LogP contribution in [0, 0.1) is 0 Å². The number of benzene rings is 1. The summed E-state index contributed by atoms with van der Waals surface area (Å²) >= 11 is 0. The van der Waals surface area contributed by atoms with Gasteiger partial charge in [-0.2, -0.15) is 0 Å². The first-order valence-corrected chi connectivity index (χ1v) is 6.12. The van der Waals surface area contributed by atoms with E-state index in [-0.39, 0.29) is 5.75 Å². The summed E-state index contributed by atoms with van der Waals surface area (Å²) < 4.78 is 0. The maximum Gasteiger partial charge on any atom is 0.335 e. The first-order valence-electron chi connectivity index (χ1n) is 6.12. The molecule has 0 unspecified atom stereocenters. The third-order valence-corrected chi connectivity index (χ3v) is 2.95. The van der Waals surface area contributed by atoms with Crippen molar-refractivity contribution in [1.82, 2.24) is 4.98 Å². The number of aromatic carboxylic acids is 1. The summed E-state index contributed by atoms with van der Waals surface area (Å²) in [5.41, 5.74) is 2.08. The molecule has 0 atom stereocenters. The Balaban J connectivity index is 1.89. The molecule has 0 aliphatic carbocycles. The van der Waals surface area contributed by atoms with Gasteiger partial charge >= 0.3 is 5.97 Å². The molecule has 0 aliphatic rings. The van der Waals surface area contributed by atoms with Crippen molar-refractivity contribution < 1.29 is 15.0 Å². The van der Waals surface area contributed by atoms with E-state index in [0.717, 1.165) is 18.4 Å². The maximum absolute atomic E-state index is 10.7. The zero-order valence-corrected chi connectivity index (χ0v) is 10.4. The lowest BCUT2D eigenvalue weighted by atomic mass is 10.0. The zero-order chi connectivity index (χ0) is 13.7. The molecule has 2 N–H and O–H groups in total. The topological polar surface area (TPSA) is 70.4 Å². The molecule has 1 aromatic carbocycles. The Morgan fingerprint density at radius 1 is 1.11 bits per heavy atom. The van der Waals surface area contributed by atoms with Crippen LogP contribution in [0.1, 0.15) is 28.0 Å². The second-order valence-electron chi connectivity index (χ2n) is 4.32. The van der Waals surface area contributed by atoms with Crippen LogP contribution in [0.2, 0.25) is 0 Å². The van der Waals surface area contributed by atoms with Gasteiger partial charge in [0.05, 0.1) is 11.3 Å². The number of carboxylic acids is 1. The standard InChI is InChI=1S/C15H15NO3/c17-14-5-2-10-16-13(14)4-1-3-11-6-8-12(9-7-11)15(18)19/h2,5-10,17H,1,3-4H2,(H,18,19). The Morgan fingerprint density at radius 3 is 2.47 bits per heavy atom. The summed E-state index contributed by atoms with van der Waals surface area (Å²) in [6, 6.07) is 10.2. The summed E-state index contributed by atoms with van der Waals surface area (Å²) in [7, 11) is 0. The van der Waals surface area contributed by atoms with Crippen molar-refractivity contribution in [2.24, 2.45) is 0 Å². The number of aromatic hydroxyl groups is 1. The highest BCUT2D eigenvalue weighted by atomic mass is 16.4. The molecule has 2 aromatic rings. The number of pyridine rings is 1. The van der Waals surface area contributed by atoms with Crippen molar-refractivity contribution in [1.29, 1.82) is 0 Å². The molecule has 0 saturated carbocycles. The van der Waals surface area contributed by atoms with E-state index in [0.29, 0.717) is 17.7 Å². The minimum atomic E-state index is -0.912. The summed E-state index contributed by atoms with van der Waals surface area (Å²) in [5, 5.41) is 18.4. The highest BCUT2D eigenvalue weighted by Crippen LogP contribution is 2.16. The van der Waals surface area contributed by atoms with Gasteiger partial charge in [0.2, 0.25) is 0 Å². The molecule has 0 saturated heterocycles. The number of carboxylic acid groups (broad SMARTS) is 1. The predicted molar refractivity (Wildman–Crippen MR) is 71.3 cm³/mol. The third-order valence-electron chi connectivity index (χ3n) is 2.95. The van der Waals surface area contributed by atoms with E-state index in [1.807, 2.05) is 12.1 Å². The molecule has 4 nitrogen and oxygen atoms in total. The van der Waals surface area contributed by atoms with Gasteiger partial charge in [0, 0.05) is 6.20 Å². The second kappa shape index (κ2) is 6.00. The van der Waals surface area contributed by atoms with E-state index >= 15 is 0 Å².